The van der Waals surface area contributed by atoms with Gasteiger partial charge in [-0.1, -0.05) is 6.07 Å². The van der Waals surface area contributed by atoms with Crippen molar-refractivity contribution < 1.29 is 4.79 Å². The van der Waals surface area contributed by atoms with Crippen molar-refractivity contribution in [3.63, 3.8) is 0 Å². The van der Waals surface area contributed by atoms with Crippen LogP contribution in [-0.2, 0) is 4.79 Å². The zero-order chi connectivity index (χ0) is 10.1. The second-order valence-electron chi connectivity index (χ2n) is 3.02. The SMILES string of the molecule is NC1CSc2cccc(Br)c2NC1=O. The summed E-state index contributed by atoms with van der Waals surface area (Å²) in [5.41, 5.74) is 6.49. The van der Waals surface area contributed by atoms with Crippen LogP contribution in [0.25, 0.3) is 0 Å². The highest BCUT2D eigenvalue weighted by Gasteiger charge is 2.21. The number of thioether (sulfide) groups is 1. The molecule has 1 unspecified atom stereocenters. The van der Waals surface area contributed by atoms with Gasteiger partial charge in [-0.15, -0.1) is 11.8 Å². The van der Waals surface area contributed by atoms with Gasteiger partial charge in [0, 0.05) is 15.1 Å². The van der Waals surface area contributed by atoms with Crippen LogP contribution >= 0.6 is 27.7 Å². The molecule has 0 bridgehead atoms. The highest BCUT2D eigenvalue weighted by atomic mass is 79.9. The Morgan fingerprint density at radius 3 is 3.14 bits per heavy atom. The summed E-state index contributed by atoms with van der Waals surface area (Å²) in [4.78, 5) is 12.5. The average Bonchev–Trinajstić information content (AvgIpc) is 2.30. The Morgan fingerprint density at radius 2 is 2.36 bits per heavy atom. The molecule has 1 heterocycles. The van der Waals surface area contributed by atoms with Crippen molar-refractivity contribution in [1.29, 1.82) is 0 Å². The number of carbonyl (C=O) groups excluding carboxylic acids is 1. The maximum absolute atomic E-state index is 11.5. The van der Waals surface area contributed by atoms with Gasteiger partial charge in [0.15, 0.2) is 0 Å². The minimum atomic E-state index is -0.431. The molecule has 3 nitrogen and oxygen atoms in total. The van der Waals surface area contributed by atoms with Gasteiger partial charge in [-0.05, 0) is 28.1 Å². The van der Waals surface area contributed by atoms with E-state index in [1.165, 1.54) is 0 Å². The molecule has 0 saturated heterocycles. The smallest absolute Gasteiger partial charge is 0.242 e. The zero-order valence-corrected chi connectivity index (χ0v) is 9.69. The summed E-state index contributed by atoms with van der Waals surface area (Å²) in [6.07, 6.45) is 0. The first-order valence-corrected chi connectivity index (χ1v) is 5.94. The van der Waals surface area contributed by atoms with Gasteiger partial charge >= 0.3 is 0 Å². The second kappa shape index (κ2) is 3.92. The molecular formula is C9H9BrN2OS. The fourth-order valence-electron chi connectivity index (χ4n) is 1.22. The largest absolute Gasteiger partial charge is 0.323 e. The number of fused-ring (bicyclic) bond motifs is 1. The van der Waals surface area contributed by atoms with Crippen LogP contribution in [-0.4, -0.2) is 17.7 Å². The Bertz CT molecular complexity index is 383. The number of benzene rings is 1. The molecule has 0 aliphatic carbocycles. The summed E-state index contributed by atoms with van der Waals surface area (Å²) in [7, 11) is 0. The molecule has 1 amide bonds. The molecule has 3 N–H and O–H groups in total. The van der Waals surface area contributed by atoms with Gasteiger partial charge in [0.05, 0.1) is 11.7 Å². The van der Waals surface area contributed by atoms with Crippen LogP contribution in [0.1, 0.15) is 0 Å². The fraction of sp³-hybridized carbons (Fsp3) is 0.222. The monoisotopic (exact) mass is 272 g/mol. The van der Waals surface area contributed by atoms with E-state index >= 15 is 0 Å². The molecule has 5 heteroatoms. The summed E-state index contributed by atoms with van der Waals surface area (Å²) in [5, 5.41) is 2.81. The third-order valence-electron chi connectivity index (χ3n) is 1.98. The first-order valence-electron chi connectivity index (χ1n) is 4.16. The third-order valence-corrected chi connectivity index (χ3v) is 3.82. The van der Waals surface area contributed by atoms with Crippen LogP contribution in [0, 0.1) is 0 Å². The van der Waals surface area contributed by atoms with Gasteiger partial charge in [0.25, 0.3) is 0 Å². The molecule has 14 heavy (non-hydrogen) atoms. The van der Waals surface area contributed by atoms with E-state index in [9.17, 15) is 4.79 Å². The number of para-hydroxylation sites is 1. The highest BCUT2D eigenvalue weighted by molar-refractivity contribution is 9.10. The first-order chi connectivity index (χ1) is 6.68. The maximum atomic E-state index is 11.5. The van der Waals surface area contributed by atoms with Crippen LogP contribution in [0.2, 0.25) is 0 Å². The lowest BCUT2D eigenvalue weighted by atomic mass is 10.3. The van der Waals surface area contributed by atoms with E-state index in [2.05, 4.69) is 21.2 Å². The van der Waals surface area contributed by atoms with E-state index in [1.807, 2.05) is 18.2 Å². The van der Waals surface area contributed by atoms with Crippen LogP contribution in [0.5, 0.6) is 0 Å². The van der Waals surface area contributed by atoms with Gasteiger partial charge in [-0.2, -0.15) is 0 Å². The number of nitrogens with one attached hydrogen (secondary N) is 1. The van der Waals surface area contributed by atoms with Crippen molar-refractivity contribution in [2.24, 2.45) is 5.73 Å². The fourth-order valence-corrected chi connectivity index (χ4v) is 2.80. The lowest BCUT2D eigenvalue weighted by Gasteiger charge is -2.08. The molecule has 1 aliphatic heterocycles. The number of hydrogen-bond donors (Lipinski definition) is 2. The van der Waals surface area contributed by atoms with Crippen LogP contribution < -0.4 is 11.1 Å². The summed E-state index contributed by atoms with van der Waals surface area (Å²) in [6.45, 7) is 0. The minimum absolute atomic E-state index is 0.122. The van der Waals surface area contributed by atoms with Crippen molar-refractivity contribution in [1.82, 2.24) is 0 Å². The predicted molar refractivity (Wildman–Crippen MR) is 61.5 cm³/mol. The van der Waals surface area contributed by atoms with Crippen LogP contribution in [0.4, 0.5) is 5.69 Å². The Kier molecular flexibility index (Phi) is 2.80. The minimum Gasteiger partial charge on any atom is -0.323 e. The van der Waals surface area contributed by atoms with E-state index in [4.69, 9.17) is 5.73 Å². The quantitative estimate of drug-likeness (QED) is 0.758. The van der Waals surface area contributed by atoms with Crippen molar-refractivity contribution in [3.05, 3.63) is 22.7 Å². The summed E-state index contributed by atoms with van der Waals surface area (Å²) in [5.74, 6) is 0.498. The molecule has 0 aromatic heterocycles. The summed E-state index contributed by atoms with van der Waals surface area (Å²) in [6, 6.07) is 5.39. The van der Waals surface area contributed by atoms with Gasteiger partial charge in [0.2, 0.25) is 5.91 Å². The van der Waals surface area contributed by atoms with E-state index in [-0.39, 0.29) is 5.91 Å². The molecule has 1 aromatic rings. The molecule has 1 aliphatic rings. The number of halogens is 1. The number of amides is 1. The number of nitrogens with two attached hydrogens (primary N) is 1. The molecule has 0 spiro atoms. The van der Waals surface area contributed by atoms with E-state index in [1.54, 1.807) is 11.8 Å². The number of anilines is 1. The van der Waals surface area contributed by atoms with E-state index in [0.29, 0.717) is 5.75 Å². The van der Waals surface area contributed by atoms with E-state index < -0.39 is 6.04 Å². The lowest BCUT2D eigenvalue weighted by Crippen LogP contribution is -2.36. The Hall–Kier alpha value is -0.520. The van der Waals surface area contributed by atoms with Gasteiger partial charge in [-0.3, -0.25) is 4.79 Å². The molecule has 2 rings (SSSR count). The maximum Gasteiger partial charge on any atom is 0.242 e. The van der Waals surface area contributed by atoms with Crippen molar-refractivity contribution in [2.45, 2.75) is 10.9 Å². The molecule has 1 aromatic carbocycles. The molecule has 0 fully saturated rings. The molecule has 74 valence electrons. The molecule has 1 atom stereocenters. The number of carbonyl (C=O) groups is 1. The van der Waals surface area contributed by atoms with E-state index in [0.717, 1.165) is 15.1 Å². The second-order valence-corrected chi connectivity index (χ2v) is 4.94. The van der Waals surface area contributed by atoms with Crippen LogP contribution in [0.3, 0.4) is 0 Å². The zero-order valence-electron chi connectivity index (χ0n) is 7.29. The molecule has 0 radical (unpaired) electrons. The standard InChI is InChI=1S/C9H9BrN2OS/c10-5-2-1-3-7-8(5)12-9(13)6(11)4-14-7/h1-3,6H,4,11H2,(H,12,13). The van der Waals surface area contributed by atoms with Crippen LogP contribution in [0.15, 0.2) is 27.6 Å². The lowest BCUT2D eigenvalue weighted by molar-refractivity contribution is -0.116. The number of hydrogen-bond acceptors (Lipinski definition) is 3. The summed E-state index contributed by atoms with van der Waals surface area (Å²) < 4.78 is 0.893. The number of rotatable bonds is 0. The Labute approximate surface area is 94.6 Å². The summed E-state index contributed by atoms with van der Waals surface area (Å²) >= 11 is 4.99. The normalized spacial score (nSPS) is 21.0. The van der Waals surface area contributed by atoms with Crippen molar-refractivity contribution in [2.75, 3.05) is 11.1 Å². The van der Waals surface area contributed by atoms with Crippen molar-refractivity contribution >= 4 is 39.3 Å². The van der Waals surface area contributed by atoms with Gasteiger partial charge in [-0.25, -0.2) is 0 Å². The molecule has 0 saturated carbocycles. The average molecular weight is 273 g/mol. The predicted octanol–water partition coefficient (Wildman–Crippen LogP) is 1.82. The van der Waals surface area contributed by atoms with Gasteiger partial charge < -0.3 is 11.1 Å². The first kappa shape index (κ1) is 10.0. The van der Waals surface area contributed by atoms with Gasteiger partial charge in [0.1, 0.15) is 0 Å². The third kappa shape index (κ3) is 1.80. The topological polar surface area (TPSA) is 55.1 Å². The Morgan fingerprint density at radius 1 is 1.57 bits per heavy atom. The highest BCUT2D eigenvalue weighted by Crippen LogP contribution is 2.35. The molecular weight excluding hydrogens is 264 g/mol. The van der Waals surface area contributed by atoms with Crippen molar-refractivity contribution in [3.8, 4) is 0 Å². The Balaban J connectivity index is 2.43.